The second-order valence-electron chi connectivity index (χ2n) is 9.43. The van der Waals surface area contributed by atoms with E-state index in [4.69, 9.17) is 17.2 Å². The summed E-state index contributed by atoms with van der Waals surface area (Å²) in [6.45, 7) is 0.135. The Hall–Kier alpha value is -4.52. The number of carboxylic acids is 2. The van der Waals surface area contributed by atoms with E-state index >= 15 is 0 Å². The van der Waals surface area contributed by atoms with Crippen LogP contribution in [0.2, 0.25) is 0 Å². The number of aliphatic imine (C=N–C) groups is 1. The van der Waals surface area contributed by atoms with Crippen LogP contribution in [0.15, 0.2) is 4.99 Å². The van der Waals surface area contributed by atoms with E-state index < -0.39 is 91.3 Å². The zero-order chi connectivity index (χ0) is 32.0. The fraction of sp³-hybridized carbons (Fsp3) is 0.652. The number of hydrogen-bond acceptors (Lipinski definition) is 10. The number of aliphatic hydroxyl groups is 1. The average molecular weight is 602 g/mol. The van der Waals surface area contributed by atoms with Crippen molar-refractivity contribution in [1.82, 2.24) is 26.2 Å². The molecular formula is C23H39N9O10. The Morgan fingerprint density at radius 2 is 1.55 bits per heavy atom. The van der Waals surface area contributed by atoms with Crippen LogP contribution in [0.1, 0.15) is 39.0 Å². The quantitative estimate of drug-likeness (QED) is 0.0423. The van der Waals surface area contributed by atoms with Crippen molar-refractivity contribution < 1.29 is 48.9 Å². The molecule has 1 aliphatic rings. The predicted molar refractivity (Wildman–Crippen MR) is 144 cm³/mol. The number of likely N-dealkylation sites (tertiary alicyclic amines) is 1. The third-order valence-electron chi connectivity index (χ3n) is 6.16. The number of guanidine groups is 1. The molecule has 1 heterocycles. The summed E-state index contributed by atoms with van der Waals surface area (Å²) in [7, 11) is 0. The van der Waals surface area contributed by atoms with E-state index in [9.17, 15) is 48.9 Å². The molecule has 0 spiro atoms. The number of carboxylic acid groups (broad SMARTS) is 2. The molecule has 5 atom stereocenters. The molecular weight excluding hydrogens is 562 g/mol. The molecule has 13 N–H and O–H groups in total. The summed E-state index contributed by atoms with van der Waals surface area (Å²) >= 11 is 0. The summed E-state index contributed by atoms with van der Waals surface area (Å²) < 4.78 is 0. The minimum atomic E-state index is -1.74. The Morgan fingerprint density at radius 3 is 2.10 bits per heavy atom. The molecule has 0 saturated carbocycles. The smallest absolute Gasteiger partial charge is 0.326 e. The number of nitrogens with one attached hydrogen (secondary N) is 4. The van der Waals surface area contributed by atoms with Crippen LogP contribution in [0, 0.1) is 0 Å². The van der Waals surface area contributed by atoms with Gasteiger partial charge in [0.1, 0.15) is 30.2 Å². The summed E-state index contributed by atoms with van der Waals surface area (Å²) in [5, 5.41) is 37.3. The second kappa shape index (κ2) is 17.3. The zero-order valence-corrected chi connectivity index (χ0v) is 23.1. The molecule has 1 rings (SSSR count). The standard InChI is InChI=1S/C23H39N9O10/c1-11(28-19(38)12(29-16(34)9-24)4-2-6-27-23(25)26)18(37)30-13(8-17(35)36)20(39)31-14(10-33)21(40)32-7-3-5-15(32)22(41)42/h11-15,33H,2-10,24H2,1H3,(H,28,38)(H,29,34)(H,30,37)(H,31,39)(H,35,36)(H,41,42)(H4,25,26,27)/t11-,12-,13-,14-,15-/m0/s1. The van der Waals surface area contributed by atoms with Gasteiger partial charge in [-0.25, -0.2) is 4.79 Å². The lowest BCUT2D eigenvalue weighted by Gasteiger charge is -2.28. The van der Waals surface area contributed by atoms with E-state index in [2.05, 4.69) is 26.3 Å². The molecule has 0 aromatic rings. The molecule has 0 radical (unpaired) electrons. The van der Waals surface area contributed by atoms with E-state index in [0.717, 1.165) is 4.90 Å². The van der Waals surface area contributed by atoms with E-state index in [1.807, 2.05) is 0 Å². The maximum absolute atomic E-state index is 12.9. The van der Waals surface area contributed by atoms with Crippen LogP contribution in [0.5, 0.6) is 0 Å². The summed E-state index contributed by atoms with van der Waals surface area (Å²) in [5.41, 5.74) is 15.8. The number of rotatable bonds is 17. The van der Waals surface area contributed by atoms with Crippen LogP contribution in [0.4, 0.5) is 0 Å². The molecule has 5 amide bonds. The maximum Gasteiger partial charge on any atom is 0.326 e. The highest BCUT2D eigenvalue weighted by atomic mass is 16.4. The minimum absolute atomic E-state index is 0.0725. The second-order valence-corrected chi connectivity index (χ2v) is 9.43. The Bertz CT molecular complexity index is 1050. The molecule has 42 heavy (non-hydrogen) atoms. The van der Waals surface area contributed by atoms with Crippen molar-refractivity contribution in [2.45, 2.75) is 69.2 Å². The van der Waals surface area contributed by atoms with Gasteiger partial charge in [0.25, 0.3) is 0 Å². The molecule has 1 saturated heterocycles. The van der Waals surface area contributed by atoms with Crippen molar-refractivity contribution in [2.24, 2.45) is 22.2 Å². The maximum atomic E-state index is 12.9. The lowest BCUT2D eigenvalue weighted by molar-refractivity contribution is -0.150. The first-order valence-corrected chi connectivity index (χ1v) is 13.0. The number of nitrogens with two attached hydrogens (primary N) is 3. The molecule has 19 heteroatoms. The molecule has 1 aliphatic heterocycles. The Kier molecular flexibility index (Phi) is 14.6. The minimum Gasteiger partial charge on any atom is -0.481 e. The van der Waals surface area contributed by atoms with Crippen molar-refractivity contribution in [3.05, 3.63) is 0 Å². The first-order valence-electron chi connectivity index (χ1n) is 13.0. The molecule has 0 unspecified atom stereocenters. The van der Waals surface area contributed by atoms with Crippen LogP contribution in [-0.4, -0.2) is 124 Å². The summed E-state index contributed by atoms with van der Waals surface area (Å²) in [4.78, 5) is 90.5. The van der Waals surface area contributed by atoms with E-state index in [-0.39, 0.29) is 38.3 Å². The van der Waals surface area contributed by atoms with E-state index in [1.165, 1.54) is 6.92 Å². The lowest BCUT2D eigenvalue weighted by Crippen LogP contribution is -2.59. The third-order valence-corrected chi connectivity index (χ3v) is 6.16. The summed E-state index contributed by atoms with van der Waals surface area (Å²) in [6.07, 6.45) is -0.00260. The zero-order valence-electron chi connectivity index (χ0n) is 23.1. The predicted octanol–water partition coefficient (Wildman–Crippen LogP) is -5.50. The molecule has 0 aliphatic carbocycles. The number of carbonyl (C=O) groups excluding carboxylic acids is 5. The molecule has 19 nitrogen and oxygen atoms in total. The molecule has 0 aromatic heterocycles. The van der Waals surface area contributed by atoms with Gasteiger partial charge in [-0.05, 0) is 32.6 Å². The Labute approximate surface area is 240 Å². The van der Waals surface area contributed by atoms with Gasteiger partial charge >= 0.3 is 11.9 Å². The molecule has 236 valence electrons. The highest BCUT2D eigenvalue weighted by Gasteiger charge is 2.38. The Morgan fingerprint density at radius 1 is 0.929 bits per heavy atom. The van der Waals surface area contributed by atoms with Gasteiger partial charge < -0.3 is 58.7 Å². The normalized spacial score (nSPS) is 17.1. The SMILES string of the molecule is C[C@H](NC(=O)[C@H](CCCN=C(N)N)NC(=O)CN)C(=O)N[C@@H](CC(=O)O)C(=O)N[C@@H](CO)C(=O)N1CCC[C@H]1C(=O)O. The van der Waals surface area contributed by atoms with Crippen molar-refractivity contribution in [3.8, 4) is 0 Å². The molecule has 0 aromatic carbocycles. The van der Waals surface area contributed by atoms with Crippen molar-refractivity contribution in [1.29, 1.82) is 0 Å². The van der Waals surface area contributed by atoms with Gasteiger partial charge in [-0.15, -0.1) is 0 Å². The number of aliphatic hydroxyl groups excluding tert-OH is 1. The number of amides is 5. The van der Waals surface area contributed by atoms with Crippen LogP contribution in [0.3, 0.4) is 0 Å². The van der Waals surface area contributed by atoms with Gasteiger partial charge in [-0.1, -0.05) is 0 Å². The lowest BCUT2D eigenvalue weighted by atomic mass is 10.1. The number of carbonyl (C=O) groups is 7. The fourth-order valence-electron chi connectivity index (χ4n) is 4.03. The Balaban J connectivity index is 2.91. The third kappa shape index (κ3) is 11.5. The number of aliphatic carboxylic acids is 2. The van der Waals surface area contributed by atoms with E-state index in [1.54, 1.807) is 0 Å². The largest absolute Gasteiger partial charge is 0.481 e. The van der Waals surface area contributed by atoms with Crippen LogP contribution in [-0.2, 0) is 33.6 Å². The average Bonchev–Trinajstić information content (AvgIpc) is 3.42. The van der Waals surface area contributed by atoms with E-state index in [0.29, 0.717) is 6.42 Å². The van der Waals surface area contributed by atoms with Crippen LogP contribution < -0.4 is 38.5 Å². The molecule has 1 fully saturated rings. The monoisotopic (exact) mass is 601 g/mol. The molecule has 0 bridgehead atoms. The topological polar surface area (TPSA) is 322 Å². The van der Waals surface area contributed by atoms with Crippen LogP contribution in [0.25, 0.3) is 0 Å². The first kappa shape index (κ1) is 35.5. The van der Waals surface area contributed by atoms with Gasteiger partial charge in [0.2, 0.25) is 29.5 Å². The summed E-state index contributed by atoms with van der Waals surface area (Å²) in [6, 6.07) is -6.94. The van der Waals surface area contributed by atoms with Gasteiger partial charge in [-0.3, -0.25) is 33.8 Å². The summed E-state index contributed by atoms with van der Waals surface area (Å²) in [5.74, 6) is -7.35. The van der Waals surface area contributed by atoms with Gasteiger partial charge in [0, 0.05) is 13.1 Å². The fourth-order valence-corrected chi connectivity index (χ4v) is 4.03. The van der Waals surface area contributed by atoms with Gasteiger partial charge in [0.05, 0.1) is 19.6 Å². The van der Waals surface area contributed by atoms with Crippen molar-refractivity contribution in [2.75, 3.05) is 26.2 Å². The number of nitrogens with zero attached hydrogens (tertiary/aromatic N) is 2. The van der Waals surface area contributed by atoms with Crippen molar-refractivity contribution >= 4 is 47.4 Å². The number of hydrogen-bond donors (Lipinski definition) is 10. The first-order chi connectivity index (χ1) is 19.7. The van der Waals surface area contributed by atoms with Crippen molar-refractivity contribution in [3.63, 3.8) is 0 Å². The van der Waals surface area contributed by atoms with Crippen LogP contribution >= 0.6 is 0 Å². The highest BCUT2D eigenvalue weighted by Crippen LogP contribution is 2.18. The van der Waals surface area contributed by atoms with Gasteiger partial charge in [-0.2, -0.15) is 0 Å². The van der Waals surface area contributed by atoms with Gasteiger partial charge in [0.15, 0.2) is 5.96 Å². The highest BCUT2D eigenvalue weighted by molar-refractivity contribution is 5.97.